The number of carbonyl (C=O) groups excluding carboxylic acids is 3. The summed E-state index contributed by atoms with van der Waals surface area (Å²) in [6.45, 7) is 4.95. The fourth-order valence-corrected chi connectivity index (χ4v) is 5.30. The summed E-state index contributed by atoms with van der Waals surface area (Å²) in [4.78, 5) is 39.2. The van der Waals surface area contributed by atoms with E-state index in [-0.39, 0.29) is 35.8 Å². The molecule has 7 heteroatoms. The van der Waals surface area contributed by atoms with E-state index in [4.69, 9.17) is 4.74 Å². The molecule has 7 nitrogen and oxygen atoms in total. The molecule has 0 spiro atoms. The lowest BCUT2D eigenvalue weighted by Gasteiger charge is -2.18. The van der Waals surface area contributed by atoms with Crippen LogP contribution in [-0.4, -0.2) is 54.9 Å². The molecule has 5 rings (SSSR count). The number of fused-ring (bicyclic) bond motifs is 2. The predicted molar refractivity (Wildman–Crippen MR) is 119 cm³/mol. The van der Waals surface area contributed by atoms with Gasteiger partial charge in [-0.25, -0.2) is 0 Å². The van der Waals surface area contributed by atoms with Crippen molar-refractivity contribution in [2.75, 3.05) is 20.1 Å². The third-order valence-corrected chi connectivity index (χ3v) is 7.06. The van der Waals surface area contributed by atoms with E-state index in [9.17, 15) is 14.4 Å². The Kier molecular flexibility index (Phi) is 4.92. The Bertz CT molecular complexity index is 1090. The molecular weight excluding hydrogens is 406 g/mol. The minimum absolute atomic E-state index is 0.0632. The third-order valence-electron chi connectivity index (χ3n) is 7.06. The van der Waals surface area contributed by atoms with Gasteiger partial charge in [-0.05, 0) is 24.6 Å². The van der Waals surface area contributed by atoms with Crippen LogP contribution in [0.1, 0.15) is 51.6 Å². The third kappa shape index (κ3) is 3.32. The first-order chi connectivity index (χ1) is 15.4. The molecule has 2 fully saturated rings. The molecular formula is C25H27N3O4. The van der Waals surface area contributed by atoms with Crippen LogP contribution in [0.3, 0.4) is 0 Å². The summed E-state index contributed by atoms with van der Waals surface area (Å²) in [7, 11) is 1.57. The number of piperidine rings is 1. The summed E-state index contributed by atoms with van der Waals surface area (Å²) in [6, 6.07) is 13.6. The zero-order chi connectivity index (χ0) is 22.6. The van der Waals surface area contributed by atoms with E-state index in [1.807, 2.05) is 48.2 Å². The van der Waals surface area contributed by atoms with Crippen LogP contribution in [-0.2, 0) is 4.79 Å². The molecule has 0 aromatic heterocycles. The van der Waals surface area contributed by atoms with Gasteiger partial charge in [-0.15, -0.1) is 0 Å². The van der Waals surface area contributed by atoms with E-state index in [0.717, 1.165) is 11.1 Å². The smallest absolute Gasteiger partial charge is 0.254 e. The second-order valence-electron chi connectivity index (χ2n) is 8.98. The molecule has 1 aliphatic carbocycles. The number of ether oxygens (including phenoxy) is 1. The van der Waals surface area contributed by atoms with E-state index in [1.165, 1.54) is 0 Å². The van der Waals surface area contributed by atoms with Crippen molar-refractivity contribution < 1.29 is 19.1 Å². The highest BCUT2D eigenvalue weighted by Crippen LogP contribution is 2.47. The predicted octanol–water partition coefficient (Wildman–Crippen LogP) is 2.17. The zero-order valence-electron chi connectivity index (χ0n) is 18.4. The van der Waals surface area contributed by atoms with Crippen molar-refractivity contribution in [3.8, 4) is 5.75 Å². The standard InChI is InChI=1S/C25H27N3O4/c1-13-21(15-7-5-4-6-8-15)17-9-16(10-18(23(17)32-13)25(31)26-3)24(30)27-22-19-11-28(14(2)29)12-20(19)22/h4-10,13,19-22H,11-12H2,1-3H3,(H,26,31)(H,27,30)/t13-,19?,20?,21?,22?/m0/s1. The van der Waals surface area contributed by atoms with Crippen LogP contribution in [0, 0.1) is 11.8 Å². The Hall–Kier alpha value is -3.35. The molecule has 3 aliphatic rings. The van der Waals surface area contributed by atoms with Crippen molar-refractivity contribution in [2.45, 2.75) is 31.9 Å². The SMILES string of the molecule is CNC(=O)c1cc(C(=O)NC2C3CN(C(C)=O)CC32)cc2c1O[C@@H](C)C2c1ccccc1. The van der Waals surface area contributed by atoms with Gasteiger partial charge in [-0.2, -0.15) is 0 Å². The van der Waals surface area contributed by atoms with Gasteiger partial charge in [0.15, 0.2) is 0 Å². The molecule has 3 amide bonds. The van der Waals surface area contributed by atoms with Gasteiger partial charge in [0.25, 0.3) is 11.8 Å². The molecule has 1 saturated heterocycles. The van der Waals surface area contributed by atoms with Crippen LogP contribution in [0.25, 0.3) is 0 Å². The maximum atomic E-state index is 13.2. The maximum Gasteiger partial charge on any atom is 0.254 e. The molecule has 0 radical (unpaired) electrons. The first-order valence-corrected chi connectivity index (χ1v) is 11.1. The lowest BCUT2D eigenvalue weighted by molar-refractivity contribution is -0.128. The summed E-state index contributed by atoms with van der Waals surface area (Å²) < 4.78 is 6.12. The number of likely N-dealkylation sites (tertiary alicyclic amines) is 1. The molecule has 0 bridgehead atoms. The molecule has 4 atom stereocenters. The van der Waals surface area contributed by atoms with E-state index >= 15 is 0 Å². The van der Waals surface area contributed by atoms with Gasteiger partial charge in [-0.1, -0.05) is 30.3 Å². The first-order valence-electron chi connectivity index (χ1n) is 11.1. The van der Waals surface area contributed by atoms with Gasteiger partial charge >= 0.3 is 0 Å². The van der Waals surface area contributed by atoms with Crippen LogP contribution in [0.4, 0.5) is 0 Å². The average Bonchev–Trinajstić information content (AvgIpc) is 3.12. The highest BCUT2D eigenvalue weighted by molar-refractivity contribution is 6.02. The molecule has 166 valence electrons. The van der Waals surface area contributed by atoms with Crippen molar-refractivity contribution in [2.24, 2.45) is 11.8 Å². The number of hydrogen-bond acceptors (Lipinski definition) is 4. The lowest BCUT2D eigenvalue weighted by atomic mass is 9.87. The maximum absolute atomic E-state index is 13.2. The van der Waals surface area contributed by atoms with Crippen molar-refractivity contribution >= 4 is 17.7 Å². The number of amides is 3. The number of hydrogen-bond donors (Lipinski definition) is 2. The molecule has 2 heterocycles. The molecule has 2 aliphatic heterocycles. The quantitative estimate of drug-likeness (QED) is 0.774. The van der Waals surface area contributed by atoms with Crippen LogP contribution in [0.2, 0.25) is 0 Å². The van der Waals surface area contributed by atoms with Crippen LogP contribution >= 0.6 is 0 Å². The second-order valence-corrected chi connectivity index (χ2v) is 8.98. The molecule has 2 aromatic rings. The summed E-state index contributed by atoms with van der Waals surface area (Å²) in [5.74, 6) is 0.717. The molecule has 32 heavy (non-hydrogen) atoms. The van der Waals surface area contributed by atoms with Crippen LogP contribution in [0.5, 0.6) is 5.75 Å². The van der Waals surface area contributed by atoms with Crippen molar-refractivity contribution in [3.63, 3.8) is 0 Å². The highest BCUT2D eigenvalue weighted by Gasteiger charge is 2.57. The van der Waals surface area contributed by atoms with Crippen LogP contribution < -0.4 is 15.4 Å². The molecule has 2 N–H and O–H groups in total. The van der Waals surface area contributed by atoms with Gasteiger partial charge in [0.05, 0.1) is 5.56 Å². The monoisotopic (exact) mass is 433 g/mol. The Morgan fingerprint density at radius 3 is 2.34 bits per heavy atom. The molecule has 2 aromatic carbocycles. The largest absolute Gasteiger partial charge is 0.489 e. The minimum Gasteiger partial charge on any atom is -0.489 e. The summed E-state index contributed by atoms with van der Waals surface area (Å²) in [6.07, 6.45) is -0.158. The first kappa shape index (κ1) is 20.5. The van der Waals surface area contributed by atoms with E-state index < -0.39 is 0 Å². The minimum atomic E-state index is -0.280. The molecule has 1 saturated carbocycles. The Morgan fingerprint density at radius 2 is 1.72 bits per heavy atom. The average molecular weight is 434 g/mol. The summed E-state index contributed by atoms with van der Waals surface area (Å²) in [5.41, 5.74) is 2.77. The van der Waals surface area contributed by atoms with Crippen LogP contribution in [0.15, 0.2) is 42.5 Å². The molecule has 3 unspecified atom stereocenters. The fraction of sp³-hybridized carbons (Fsp3) is 0.400. The number of nitrogens with one attached hydrogen (secondary N) is 2. The van der Waals surface area contributed by atoms with E-state index in [0.29, 0.717) is 41.8 Å². The van der Waals surface area contributed by atoms with Gasteiger partial charge in [0.1, 0.15) is 11.9 Å². The van der Waals surface area contributed by atoms with Gasteiger partial charge in [-0.3, -0.25) is 14.4 Å². The highest BCUT2D eigenvalue weighted by atomic mass is 16.5. The van der Waals surface area contributed by atoms with E-state index in [2.05, 4.69) is 10.6 Å². The summed E-state index contributed by atoms with van der Waals surface area (Å²) >= 11 is 0. The van der Waals surface area contributed by atoms with Gasteiger partial charge in [0, 0.05) is 62.0 Å². The van der Waals surface area contributed by atoms with Gasteiger partial charge < -0.3 is 20.3 Å². The normalized spacial score (nSPS) is 27.2. The number of carbonyl (C=O) groups is 3. The second kappa shape index (κ2) is 7.65. The topological polar surface area (TPSA) is 87.7 Å². The number of benzene rings is 2. The van der Waals surface area contributed by atoms with E-state index in [1.54, 1.807) is 20.0 Å². The van der Waals surface area contributed by atoms with Crippen molar-refractivity contribution in [1.29, 1.82) is 0 Å². The van der Waals surface area contributed by atoms with Gasteiger partial charge in [0.2, 0.25) is 5.91 Å². The Labute approximate surface area is 187 Å². The summed E-state index contributed by atoms with van der Waals surface area (Å²) in [5, 5.41) is 5.78. The Morgan fingerprint density at radius 1 is 1.03 bits per heavy atom. The lowest BCUT2D eigenvalue weighted by Crippen LogP contribution is -2.36. The zero-order valence-corrected chi connectivity index (χ0v) is 18.4. The van der Waals surface area contributed by atoms with Crippen molar-refractivity contribution in [1.82, 2.24) is 15.5 Å². The fourth-order valence-electron chi connectivity index (χ4n) is 5.30. The Balaban J connectivity index is 1.44. The number of rotatable bonds is 4. The van der Waals surface area contributed by atoms with Crippen molar-refractivity contribution in [3.05, 3.63) is 64.7 Å². The number of nitrogens with zero attached hydrogens (tertiary/aromatic N) is 1.